The molecule has 1 atom stereocenters. The molecule has 0 fully saturated rings. The average molecular weight is 365 g/mol. The summed E-state index contributed by atoms with van der Waals surface area (Å²) in [7, 11) is 1.84. The van der Waals surface area contributed by atoms with Crippen LogP contribution in [0.3, 0.4) is 0 Å². The van der Waals surface area contributed by atoms with Crippen LogP contribution in [0, 0.1) is 6.92 Å². The molecule has 140 valence electrons. The number of rotatable bonds is 6. The number of benzene rings is 2. The van der Waals surface area contributed by atoms with Gasteiger partial charge in [0.25, 0.3) is 5.91 Å². The molecular weight excluding hydrogens is 341 g/mol. The average Bonchev–Trinajstić information content (AvgIpc) is 2.56. The molecule has 0 heterocycles. The summed E-state index contributed by atoms with van der Waals surface area (Å²) in [6.07, 6.45) is -3.51. The Kier molecular flexibility index (Phi) is 6.42. The Bertz CT molecular complexity index is 755. The van der Waals surface area contributed by atoms with Crippen molar-refractivity contribution in [1.29, 1.82) is 0 Å². The maximum absolute atomic E-state index is 12.6. The Balaban J connectivity index is 1.95. The lowest BCUT2D eigenvalue weighted by Gasteiger charge is -2.16. The lowest BCUT2D eigenvalue weighted by atomic mass is 10.1. The quantitative estimate of drug-likeness (QED) is 0.810. The molecular formula is C20H24F3N2O+. The van der Waals surface area contributed by atoms with E-state index in [1.807, 2.05) is 39.1 Å². The minimum atomic E-state index is -4.33. The van der Waals surface area contributed by atoms with E-state index in [0.717, 1.165) is 45.8 Å². The first-order chi connectivity index (χ1) is 12.2. The summed E-state index contributed by atoms with van der Waals surface area (Å²) in [5, 5.41) is 2.97. The standard InChI is InChI=1S/C20H23F3N2O/c1-4-16-7-5-6-14(2)19(16)24-18(26)13-25(3)12-15-8-10-17(11-9-15)20(21,22)23/h5-11H,4,12-13H2,1-3H3,(H,24,26)/p+1. The topological polar surface area (TPSA) is 33.5 Å². The van der Waals surface area contributed by atoms with Crippen LogP contribution in [0.2, 0.25) is 0 Å². The molecule has 0 aromatic heterocycles. The molecule has 0 spiro atoms. The molecule has 0 radical (unpaired) electrons. The van der Waals surface area contributed by atoms with E-state index in [-0.39, 0.29) is 12.5 Å². The molecule has 26 heavy (non-hydrogen) atoms. The number of carbonyl (C=O) groups excluding carboxylic acids is 1. The predicted molar refractivity (Wildman–Crippen MR) is 96.1 cm³/mol. The molecule has 1 unspecified atom stereocenters. The molecule has 2 N–H and O–H groups in total. The smallest absolute Gasteiger partial charge is 0.326 e. The second-order valence-corrected chi connectivity index (χ2v) is 6.52. The van der Waals surface area contributed by atoms with Gasteiger partial charge in [0.2, 0.25) is 0 Å². The fourth-order valence-electron chi connectivity index (χ4n) is 2.88. The summed E-state index contributed by atoms with van der Waals surface area (Å²) >= 11 is 0. The van der Waals surface area contributed by atoms with Crippen molar-refractivity contribution in [3.05, 3.63) is 64.7 Å². The second-order valence-electron chi connectivity index (χ2n) is 6.52. The van der Waals surface area contributed by atoms with E-state index < -0.39 is 11.7 Å². The number of para-hydroxylation sites is 1. The van der Waals surface area contributed by atoms with E-state index in [9.17, 15) is 18.0 Å². The zero-order chi connectivity index (χ0) is 19.3. The van der Waals surface area contributed by atoms with Crippen LogP contribution < -0.4 is 10.2 Å². The fraction of sp³-hybridized carbons (Fsp3) is 0.350. The van der Waals surface area contributed by atoms with E-state index in [0.29, 0.717) is 6.54 Å². The third-order valence-electron chi connectivity index (χ3n) is 4.25. The first-order valence-electron chi connectivity index (χ1n) is 8.56. The van der Waals surface area contributed by atoms with Crippen molar-refractivity contribution in [2.24, 2.45) is 0 Å². The van der Waals surface area contributed by atoms with Gasteiger partial charge in [0.15, 0.2) is 6.54 Å². The summed E-state index contributed by atoms with van der Waals surface area (Å²) in [5.41, 5.74) is 3.04. The van der Waals surface area contributed by atoms with Gasteiger partial charge in [-0.05, 0) is 36.6 Å². The SMILES string of the molecule is CCc1cccc(C)c1NC(=O)C[NH+](C)Cc1ccc(C(F)(F)F)cc1. The monoisotopic (exact) mass is 365 g/mol. The third-order valence-corrected chi connectivity index (χ3v) is 4.25. The third kappa shape index (κ3) is 5.33. The number of hydrogen-bond acceptors (Lipinski definition) is 1. The molecule has 0 saturated carbocycles. The van der Waals surface area contributed by atoms with E-state index in [4.69, 9.17) is 0 Å². The first kappa shape index (κ1) is 20.0. The van der Waals surface area contributed by atoms with Crippen LogP contribution in [0.15, 0.2) is 42.5 Å². The Hall–Kier alpha value is -2.34. The molecule has 1 amide bonds. The van der Waals surface area contributed by atoms with Crippen molar-refractivity contribution in [2.45, 2.75) is 33.0 Å². The van der Waals surface area contributed by atoms with Crippen molar-refractivity contribution in [2.75, 3.05) is 18.9 Å². The van der Waals surface area contributed by atoms with Gasteiger partial charge in [-0.25, -0.2) is 0 Å². The lowest BCUT2D eigenvalue weighted by Crippen LogP contribution is -3.08. The molecule has 0 bridgehead atoms. The van der Waals surface area contributed by atoms with Gasteiger partial charge >= 0.3 is 6.18 Å². The molecule has 6 heteroatoms. The molecule has 2 rings (SSSR count). The van der Waals surface area contributed by atoms with Crippen LogP contribution in [-0.2, 0) is 23.9 Å². The minimum Gasteiger partial charge on any atom is -0.326 e. The number of nitrogens with one attached hydrogen (secondary N) is 2. The maximum Gasteiger partial charge on any atom is 0.416 e. The molecule has 0 aliphatic heterocycles. The van der Waals surface area contributed by atoms with Crippen LogP contribution in [0.25, 0.3) is 0 Å². The predicted octanol–water partition coefficient (Wildman–Crippen LogP) is 3.23. The number of aryl methyl sites for hydroxylation is 2. The zero-order valence-electron chi connectivity index (χ0n) is 15.2. The number of amides is 1. The summed E-state index contributed by atoms with van der Waals surface area (Å²) < 4.78 is 37.8. The van der Waals surface area contributed by atoms with Crippen LogP contribution >= 0.6 is 0 Å². The van der Waals surface area contributed by atoms with Gasteiger partial charge in [-0.15, -0.1) is 0 Å². The van der Waals surface area contributed by atoms with Gasteiger partial charge in [-0.1, -0.05) is 37.3 Å². The molecule has 2 aromatic carbocycles. The van der Waals surface area contributed by atoms with Gasteiger partial charge in [0.1, 0.15) is 6.54 Å². The number of hydrogen-bond donors (Lipinski definition) is 2. The highest BCUT2D eigenvalue weighted by molar-refractivity contribution is 5.93. The minimum absolute atomic E-state index is 0.113. The summed E-state index contributed by atoms with van der Waals surface area (Å²) in [4.78, 5) is 13.2. The van der Waals surface area contributed by atoms with Gasteiger partial charge in [-0.2, -0.15) is 13.2 Å². The Morgan fingerprint density at radius 2 is 1.77 bits per heavy atom. The fourth-order valence-corrected chi connectivity index (χ4v) is 2.88. The molecule has 3 nitrogen and oxygen atoms in total. The van der Waals surface area contributed by atoms with Crippen LogP contribution in [0.5, 0.6) is 0 Å². The van der Waals surface area contributed by atoms with E-state index in [1.165, 1.54) is 12.1 Å². The summed E-state index contributed by atoms with van der Waals surface area (Å²) in [5.74, 6) is -0.113. The number of carbonyl (C=O) groups is 1. The van der Waals surface area contributed by atoms with Crippen molar-refractivity contribution in [1.82, 2.24) is 0 Å². The first-order valence-corrected chi connectivity index (χ1v) is 8.56. The van der Waals surface area contributed by atoms with Crippen LogP contribution in [-0.4, -0.2) is 19.5 Å². The number of alkyl halides is 3. The number of anilines is 1. The summed E-state index contributed by atoms with van der Waals surface area (Å²) in [6, 6.07) is 11.0. The Labute approximate surface area is 151 Å². The van der Waals surface area contributed by atoms with Crippen molar-refractivity contribution in [3.8, 4) is 0 Å². The molecule has 2 aromatic rings. The van der Waals surface area contributed by atoms with Crippen molar-refractivity contribution < 1.29 is 22.9 Å². The highest BCUT2D eigenvalue weighted by atomic mass is 19.4. The Morgan fingerprint density at radius 3 is 2.35 bits per heavy atom. The van der Waals surface area contributed by atoms with E-state index in [2.05, 4.69) is 5.32 Å². The second kappa shape index (κ2) is 8.36. The van der Waals surface area contributed by atoms with Gasteiger partial charge < -0.3 is 10.2 Å². The lowest BCUT2D eigenvalue weighted by molar-refractivity contribution is -0.885. The number of quaternary nitrogens is 1. The number of likely N-dealkylation sites (N-methyl/N-ethyl adjacent to an activating group) is 1. The zero-order valence-corrected chi connectivity index (χ0v) is 15.2. The molecule has 0 saturated heterocycles. The molecule has 0 aliphatic rings. The van der Waals surface area contributed by atoms with Crippen molar-refractivity contribution >= 4 is 11.6 Å². The van der Waals surface area contributed by atoms with Crippen molar-refractivity contribution in [3.63, 3.8) is 0 Å². The maximum atomic E-state index is 12.6. The summed E-state index contributed by atoms with van der Waals surface area (Å²) in [6.45, 7) is 4.69. The van der Waals surface area contributed by atoms with E-state index in [1.54, 1.807) is 0 Å². The van der Waals surface area contributed by atoms with Crippen LogP contribution in [0.4, 0.5) is 18.9 Å². The highest BCUT2D eigenvalue weighted by Gasteiger charge is 2.30. The van der Waals surface area contributed by atoms with Gasteiger partial charge in [-0.3, -0.25) is 4.79 Å². The van der Waals surface area contributed by atoms with Crippen LogP contribution in [0.1, 0.15) is 29.2 Å². The normalized spacial score (nSPS) is 12.7. The Morgan fingerprint density at radius 1 is 1.12 bits per heavy atom. The van der Waals surface area contributed by atoms with Gasteiger partial charge in [0, 0.05) is 11.3 Å². The largest absolute Gasteiger partial charge is 0.416 e. The van der Waals surface area contributed by atoms with E-state index >= 15 is 0 Å². The molecule has 0 aliphatic carbocycles. The number of halogens is 3. The highest BCUT2D eigenvalue weighted by Crippen LogP contribution is 2.29. The van der Waals surface area contributed by atoms with Gasteiger partial charge in [0.05, 0.1) is 12.6 Å².